The van der Waals surface area contributed by atoms with Crippen molar-refractivity contribution < 1.29 is 14.3 Å². The number of carbonyl (C=O) groups is 2. The van der Waals surface area contributed by atoms with E-state index in [-0.39, 0.29) is 0 Å². The fourth-order valence-corrected chi connectivity index (χ4v) is 4.45. The summed E-state index contributed by atoms with van der Waals surface area (Å²) in [5.74, 6) is -0.438. The highest BCUT2D eigenvalue weighted by Gasteiger charge is 2.21. The Kier molecular flexibility index (Phi) is 7.08. The van der Waals surface area contributed by atoms with Crippen LogP contribution in [0.4, 0.5) is 5.69 Å². The first-order valence-corrected chi connectivity index (χ1v) is 14.2. The maximum absolute atomic E-state index is 12.4. The molecule has 2 aromatic heterocycles. The molecule has 1 fully saturated rings. The van der Waals surface area contributed by atoms with E-state index in [0.717, 1.165) is 42.2 Å². The number of rotatable bonds is 9. The quantitative estimate of drug-likeness (QED) is 0.367. The number of nitrogens with one attached hydrogen (secondary N) is 2. The number of aromatic nitrogens is 2. The molecule has 0 unspecified atom stereocenters. The first kappa shape index (κ1) is 21.5. The van der Waals surface area contributed by atoms with Crippen molar-refractivity contribution in [2.24, 2.45) is 0 Å². The number of fused-ring (bicyclic) bond motifs is 1. The smallest absolute Gasteiger partial charge is 0.261 e. The van der Waals surface area contributed by atoms with Gasteiger partial charge in [0.1, 0.15) is 12.4 Å². The highest BCUT2D eigenvalue weighted by atomic mass is 28.3. The Morgan fingerprint density at radius 1 is 1.31 bits per heavy atom. The van der Waals surface area contributed by atoms with E-state index in [1.807, 2.05) is 16.8 Å². The molecular weight excluding hydrogens is 384 g/mol. The number of ether oxygens (including phenoxy) is 1. The van der Waals surface area contributed by atoms with Crippen LogP contribution < -0.4 is 10.6 Å². The van der Waals surface area contributed by atoms with Gasteiger partial charge in [-0.25, -0.2) is 4.98 Å². The zero-order chi connectivity index (χ0) is 20.9. The fraction of sp³-hybridized carbons (Fsp3) is 0.571. The molecule has 29 heavy (non-hydrogen) atoms. The van der Waals surface area contributed by atoms with Crippen molar-refractivity contribution >= 4 is 37.1 Å². The van der Waals surface area contributed by atoms with Crippen LogP contribution in [-0.2, 0) is 16.3 Å². The van der Waals surface area contributed by atoms with Crippen molar-refractivity contribution in [1.29, 1.82) is 0 Å². The van der Waals surface area contributed by atoms with Crippen molar-refractivity contribution in [2.75, 3.05) is 11.9 Å². The van der Waals surface area contributed by atoms with E-state index in [0.29, 0.717) is 24.7 Å². The van der Waals surface area contributed by atoms with Crippen molar-refractivity contribution in [2.45, 2.75) is 70.6 Å². The van der Waals surface area contributed by atoms with Gasteiger partial charge in [-0.2, -0.15) is 0 Å². The number of nitrogens with zero attached hydrogens (tertiary/aromatic N) is 2. The van der Waals surface area contributed by atoms with Gasteiger partial charge in [0.15, 0.2) is 0 Å². The number of hydrogen-bond donors (Lipinski definition) is 2. The van der Waals surface area contributed by atoms with Crippen molar-refractivity contribution in [3.05, 3.63) is 24.0 Å². The lowest BCUT2D eigenvalue weighted by molar-refractivity contribution is -0.108. The molecule has 158 valence electrons. The molecule has 1 saturated carbocycles. The molecule has 2 amide bonds. The second kappa shape index (κ2) is 9.54. The standard InChI is InChI=1S/C21H32N4O3Si/c1-29(2,3)12-11-28-15-25-10-9-17-19(24-16-7-5-4-6-8-16)18(13-22-20(17)25)21(27)23-14-26/h9-10,13-14,16H,4-8,11-12,15H2,1-3H3,(H,22,24)(H,23,26,27). The summed E-state index contributed by atoms with van der Waals surface area (Å²) in [6.45, 7) is 8.17. The normalized spacial score (nSPS) is 15.4. The Morgan fingerprint density at radius 2 is 2.07 bits per heavy atom. The maximum Gasteiger partial charge on any atom is 0.261 e. The van der Waals surface area contributed by atoms with Gasteiger partial charge in [-0.15, -0.1) is 0 Å². The first-order valence-electron chi connectivity index (χ1n) is 10.5. The average molecular weight is 417 g/mol. The zero-order valence-corrected chi connectivity index (χ0v) is 18.7. The molecule has 0 radical (unpaired) electrons. The summed E-state index contributed by atoms with van der Waals surface area (Å²) >= 11 is 0. The fourth-order valence-electron chi connectivity index (χ4n) is 3.69. The van der Waals surface area contributed by atoms with Crippen LogP contribution in [0.1, 0.15) is 42.5 Å². The number of anilines is 1. The monoisotopic (exact) mass is 416 g/mol. The molecule has 0 aliphatic heterocycles. The van der Waals surface area contributed by atoms with Crippen LogP contribution in [0.15, 0.2) is 18.5 Å². The lowest BCUT2D eigenvalue weighted by Crippen LogP contribution is -2.27. The van der Waals surface area contributed by atoms with E-state index < -0.39 is 14.0 Å². The van der Waals surface area contributed by atoms with Crippen LogP contribution in [0.25, 0.3) is 11.0 Å². The van der Waals surface area contributed by atoms with Gasteiger partial charge in [-0.3, -0.25) is 14.9 Å². The van der Waals surface area contributed by atoms with E-state index in [9.17, 15) is 9.59 Å². The highest BCUT2D eigenvalue weighted by molar-refractivity contribution is 6.76. The minimum Gasteiger partial charge on any atom is -0.381 e. The molecular formula is C21H32N4O3Si. The van der Waals surface area contributed by atoms with E-state index in [1.165, 1.54) is 19.3 Å². The third kappa shape index (κ3) is 5.67. The highest BCUT2D eigenvalue weighted by Crippen LogP contribution is 2.30. The number of hydrogen-bond acceptors (Lipinski definition) is 5. The predicted octanol–water partition coefficient (Wildman–Crippen LogP) is 3.98. The average Bonchev–Trinajstić information content (AvgIpc) is 3.09. The van der Waals surface area contributed by atoms with Gasteiger partial charge in [0.25, 0.3) is 5.91 Å². The summed E-state index contributed by atoms with van der Waals surface area (Å²) in [4.78, 5) is 27.7. The van der Waals surface area contributed by atoms with Crippen LogP contribution in [0.5, 0.6) is 0 Å². The predicted molar refractivity (Wildman–Crippen MR) is 118 cm³/mol. The Hall–Kier alpha value is -2.19. The Morgan fingerprint density at radius 3 is 2.76 bits per heavy atom. The summed E-state index contributed by atoms with van der Waals surface area (Å²) in [5.41, 5.74) is 1.92. The molecule has 2 heterocycles. The lowest BCUT2D eigenvalue weighted by Gasteiger charge is -2.25. The zero-order valence-electron chi connectivity index (χ0n) is 17.7. The molecule has 3 rings (SSSR count). The number of amides is 2. The minimum atomic E-state index is -1.13. The molecule has 7 nitrogen and oxygen atoms in total. The molecule has 1 aliphatic rings. The molecule has 1 aliphatic carbocycles. The summed E-state index contributed by atoms with van der Waals surface area (Å²) in [6, 6.07) is 3.41. The van der Waals surface area contributed by atoms with Crippen LogP contribution in [0, 0.1) is 0 Å². The van der Waals surface area contributed by atoms with Crippen molar-refractivity contribution in [1.82, 2.24) is 14.9 Å². The lowest BCUT2D eigenvalue weighted by atomic mass is 9.95. The van der Waals surface area contributed by atoms with E-state index in [4.69, 9.17) is 4.74 Å². The Balaban J connectivity index is 1.84. The SMILES string of the molecule is C[Si](C)(C)CCOCn1ccc2c(NC3CCCCC3)c(C(=O)NC=O)cnc21. The topological polar surface area (TPSA) is 85.2 Å². The number of imide groups is 1. The largest absolute Gasteiger partial charge is 0.381 e. The second-order valence-corrected chi connectivity index (χ2v) is 14.6. The van der Waals surface area contributed by atoms with Gasteiger partial charge in [-0.05, 0) is 25.0 Å². The van der Waals surface area contributed by atoms with Crippen molar-refractivity contribution in [3.8, 4) is 0 Å². The summed E-state index contributed by atoms with van der Waals surface area (Å²) in [7, 11) is -1.13. The Bertz CT molecular complexity index is 853. The third-order valence-electron chi connectivity index (χ3n) is 5.40. The molecule has 8 heteroatoms. The van der Waals surface area contributed by atoms with Crippen LogP contribution in [0.3, 0.4) is 0 Å². The molecule has 0 bridgehead atoms. The van der Waals surface area contributed by atoms with Gasteiger partial charge in [0, 0.05) is 38.5 Å². The minimum absolute atomic E-state index is 0.327. The third-order valence-corrected chi connectivity index (χ3v) is 7.11. The summed E-state index contributed by atoms with van der Waals surface area (Å²) < 4.78 is 7.85. The second-order valence-electron chi connectivity index (χ2n) is 8.99. The first-order chi connectivity index (χ1) is 13.9. The summed E-state index contributed by atoms with van der Waals surface area (Å²) in [5, 5.41) is 6.68. The number of carbonyl (C=O) groups excluding carboxylic acids is 2. The molecule has 0 spiro atoms. The van der Waals surface area contributed by atoms with Gasteiger partial charge < -0.3 is 14.6 Å². The molecule has 2 aromatic rings. The molecule has 0 atom stereocenters. The van der Waals surface area contributed by atoms with Gasteiger partial charge in [0.05, 0.1) is 11.3 Å². The van der Waals surface area contributed by atoms with E-state index in [2.05, 4.69) is 35.3 Å². The van der Waals surface area contributed by atoms with Crippen LogP contribution >= 0.6 is 0 Å². The van der Waals surface area contributed by atoms with Crippen molar-refractivity contribution in [3.63, 3.8) is 0 Å². The maximum atomic E-state index is 12.4. The van der Waals surface area contributed by atoms with Gasteiger partial charge >= 0.3 is 0 Å². The van der Waals surface area contributed by atoms with Gasteiger partial charge in [-0.1, -0.05) is 38.9 Å². The van der Waals surface area contributed by atoms with E-state index in [1.54, 1.807) is 6.20 Å². The van der Waals surface area contributed by atoms with Crippen LogP contribution in [0.2, 0.25) is 25.7 Å². The Labute approximate surface area is 173 Å². The van der Waals surface area contributed by atoms with Gasteiger partial charge in [0.2, 0.25) is 6.41 Å². The van der Waals surface area contributed by atoms with Crippen LogP contribution in [-0.4, -0.2) is 42.6 Å². The molecule has 0 aromatic carbocycles. The molecule has 2 N–H and O–H groups in total. The summed E-state index contributed by atoms with van der Waals surface area (Å²) in [6.07, 6.45) is 9.70. The molecule has 0 saturated heterocycles. The van der Waals surface area contributed by atoms with E-state index >= 15 is 0 Å². The number of pyridine rings is 1.